The number of aliphatic hydroxyl groups is 1. The molecule has 0 fully saturated rings. The maximum atomic E-state index is 9.67. The number of hydroxylamine groups is 2. The molecule has 0 radical (unpaired) electrons. The summed E-state index contributed by atoms with van der Waals surface area (Å²) in [5.74, 6) is -2.79. The standard InChI is InChI=1S/C3H5NO5/c5-2(3(6)7)1-4(8)9/h1,5,8-9H,(H,6,7). The molecule has 0 unspecified atom stereocenters. The smallest absolute Gasteiger partial charge is 0.372 e. The van der Waals surface area contributed by atoms with Crippen LogP contribution in [0.1, 0.15) is 0 Å². The second-order valence-electron chi connectivity index (χ2n) is 1.14. The van der Waals surface area contributed by atoms with Crippen molar-refractivity contribution in [2.75, 3.05) is 0 Å². The van der Waals surface area contributed by atoms with Crippen LogP contribution in [-0.4, -0.2) is 31.8 Å². The van der Waals surface area contributed by atoms with Crippen LogP contribution in [0.15, 0.2) is 12.0 Å². The molecule has 0 heterocycles. The highest BCUT2D eigenvalue weighted by Gasteiger charge is 2.03. The van der Waals surface area contributed by atoms with Crippen LogP contribution >= 0.6 is 0 Å². The van der Waals surface area contributed by atoms with Gasteiger partial charge in [-0.3, -0.25) is 10.4 Å². The molecule has 0 atom stereocenters. The van der Waals surface area contributed by atoms with E-state index in [1.54, 1.807) is 0 Å². The van der Waals surface area contributed by atoms with Gasteiger partial charge in [-0.1, -0.05) is 0 Å². The first kappa shape index (κ1) is 7.73. The lowest BCUT2D eigenvalue weighted by molar-refractivity contribution is -0.269. The lowest BCUT2D eigenvalue weighted by Crippen LogP contribution is -2.09. The van der Waals surface area contributed by atoms with Gasteiger partial charge in [-0.25, -0.2) is 4.79 Å². The zero-order valence-corrected chi connectivity index (χ0v) is 4.22. The van der Waals surface area contributed by atoms with Gasteiger partial charge in [-0.2, -0.15) is 0 Å². The van der Waals surface area contributed by atoms with Gasteiger partial charge in [-0.15, -0.1) is 5.23 Å². The van der Waals surface area contributed by atoms with Crippen LogP contribution in [0.25, 0.3) is 0 Å². The monoisotopic (exact) mass is 135 g/mol. The predicted molar refractivity (Wildman–Crippen MR) is 23.8 cm³/mol. The molecule has 0 saturated heterocycles. The summed E-state index contributed by atoms with van der Waals surface area (Å²) in [5, 5.41) is 31.2. The Morgan fingerprint density at radius 2 is 1.78 bits per heavy atom. The average molecular weight is 135 g/mol. The van der Waals surface area contributed by atoms with Crippen LogP contribution in [0.5, 0.6) is 0 Å². The molecule has 0 amide bonds. The highest BCUT2D eigenvalue weighted by atomic mass is 16.8. The zero-order chi connectivity index (χ0) is 7.44. The van der Waals surface area contributed by atoms with E-state index in [0.717, 1.165) is 0 Å². The van der Waals surface area contributed by atoms with Gasteiger partial charge in [0.05, 0.1) is 0 Å². The number of carboxylic acid groups (broad SMARTS) is 1. The van der Waals surface area contributed by atoms with Crippen molar-refractivity contribution < 1.29 is 25.4 Å². The van der Waals surface area contributed by atoms with Gasteiger partial charge in [0.15, 0.2) is 0 Å². The van der Waals surface area contributed by atoms with Crippen LogP contribution in [0.4, 0.5) is 0 Å². The Balaban J connectivity index is 4.00. The van der Waals surface area contributed by atoms with Crippen molar-refractivity contribution in [3.63, 3.8) is 0 Å². The molecule has 0 aromatic carbocycles. The first-order valence-electron chi connectivity index (χ1n) is 1.85. The van der Waals surface area contributed by atoms with Crippen molar-refractivity contribution in [1.29, 1.82) is 0 Å². The van der Waals surface area contributed by atoms with Gasteiger partial charge in [0.2, 0.25) is 5.76 Å². The molecule has 0 saturated carbocycles. The lowest BCUT2D eigenvalue weighted by Gasteiger charge is -1.98. The van der Waals surface area contributed by atoms with E-state index in [2.05, 4.69) is 0 Å². The molecule has 0 rings (SSSR count). The number of aliphatic carboxylic acids is 1. The Labute approximate surface area is 49.8 Å². The van der Waals surface area contributed by atoms with Crippen molar-refractivity contribution in [2.45, 2.75) is 0 Å². The third-order valence-electron chi connectivity index (χ3n) is 0.457. The lowest BCUT2D eigenvalue weighted by atomic mass is 10.5. The van der Waals surface area contributed by atoms with Crippen LogP contribution < -0.4 is 0 Å². The second-order valence-corrected chi connectivity index (χ2v) is 1.14. The molecule has 0 aliphatic rings. The van der Waals surface area contributed by atoms with E-state index in [0.29, 0.717) is 0 Å². The zero-order valence-electron chi connectivity index (χ0n) is 4.22. The van der Waals surface area contributed by atoms with Crippen molar-refractivity contribution in [1.82, 2.24) is 5.23 Å². The summed E-state index contributed by atoms with van der Waals surface area (Å²) in [6, 6.07) is 0. The summed E-state index contributed by atoms with van der Waals surface area (Å²) >= 11 is 0. The molecule has 6 nitrogen and oxygen atoms in total. The van der Waals surface area contributed by atoms with E-state index in [-0.39, 0.29) is 6.20 Å². The molecule has 9 heavy (non-hydrogen) atoms. The van der Waals surface area contributed by atoms with Crippen molar-refractivity contribution in [2.24, 2.45) is 0 Å². The Bertz CT molecular complexity index is 139. The van der Waals surface area contributed by atoms with E-state index in [4.69, 9.17) is 20.6 Å². The molecule has 0 bridgehead atoms. The molecule has 0 aromatic heterocycles. The van der Waals surface area contributed by atoms with Gasteiger partial charge in [0.1, 0.15) is 6.20 Å². The fourth-order valence-electron chi connectivity index (χ4n) is 0.165. The normalized spacial score (nSPS) is 11.1. The molecular formula is C3H5NO5. The minimum Gasteiger partial charge on any atom is -0.501 e. The van der Waals surface area contributed by atoms with Crippen LogP contribution in [-0.2, 0) is 4.79 Å². The van der Waals surface area contributed by atoms with Crippen molar-refractivity contribution >= 4 is 5.97 Å². The number of carbonyl (C=O) groups is 1. The molecule has 4 N–H and O–H groups in total. The van der Waals surface area contributed by atoms with Crippen molar-refractivity contribution in [3.05, 3.63) is 12.0 Å². The van der Waals surface area contributed by atoms with Crippen LogP contribution in [0.2, 0.25) is 0 Å². The maximum Gasteiger partial charge on any atom is 0.372 e. The van der Waals surface area contributed by atoms with Crippen molar-refractivity contribution in [3.8, 4) is 0 Å². The van der Waals surface area contributed by atoms with Gasteiger partial charge in [-0.05, 0) is 0 Å². The average Bonchev–Trinajstić information content (AvgIpc) is 1.63. The van der Waals surface area contributed by atoms with E-state index in [1.165, 1.54) is 0 Å². The summed E-state index contributed by atoms with van der Waals surface area (Å²) in [7, 11) is 0. The number of nitrogens with zero attached hydrogens (tertiary/aromatic N) is 1. The Hall–Kier alpha value is -1.27. The molecule has 0 aromatic rings. The summed E-state index contributed by atoms with van der Waals surface area (Å²) in [6.07, 6.45) is 0.225. The molecular weight excluding hydrogens is 130 g/mol. The second kappa shape index (κ2) is 2.90. The number of hydrogen-bond acceptors (Lipinski definition) is 5. The predicted octanol–water partition coefficient (Wildman–Crippen LogP) is -0.449. The Morgan fingerprint density at radius 3 is 1.89 bits per heavy atom. The molecule has 6 heteroatoms. The minimum atomic E-state index is -1.64. The summed E-state index contributed by atoms with van der Waals surface area (Å²) < 4.78 is 0. The van der Waals surface area contributed by atoms with E-state index >= 15 is 0 Å². The SMILES string of the molecule is O=C(O)C(O)=CN(O)O. The first-order chi connectivity index (χ1) is 4.04. The number of carboxylic acids is 1. The molecule has 52 valence electrons. The Kier molecular flexibility index (Phi) is 2.49. The van der Waals surface area contributed by atoms with Crippen LogP contribution in [0.3, 0.4) is 0 Å². The van der Waals surface area contributed by atoms with Gasteiger partial charge >= 0.3 is 5.97 Å². The number of aliphatic hydroxyl groups excluding tert-OH is 1. The largest absolute Gasteiger partial charge is 0.501 e. The third-order valence-corrected chi connectivity index (χ3v) is 0.457. The highest BCUT2D eigenvalue weighted by molar-refractivity contribution is 5.83. The topological polar surface area (TPSA) is 101 Å². The van der Waals surface area contributed by atoms with E-state index in [1.807, 2.05) is 0 Å². The first-order valence-corrected chi connectivity index (χ1v) is 1.85. The molecule has 0 aliphatic heterocycles. The summed E-state index contributed by atoms with van der Waals surface area (Å²) in [5.41, 5.74) is 0. The third kappa shape index (κ3) is 3.32. The van der Waals surface area contributed by atoms with E-state index in [9.17, 15) is 4.79 Å². The minimum absolute atomic E-state index is 0.225. The van der Waals surface area contributed by atoms with E-state index < -0.39 is 17.0 Å². The maximum absolute atomic E-state index is 9.67. The fraction of sp³-hybridized carbons (Fsp3) is 0. The summed E-state index contributed by atoms with van der Waals surface area (Å²) in [4.78, 5) is 9.67. The molecule has 0 aliphatic carbocycles. The Morgan fingerprint density at radius 1 is 1.33 bits per heavy atom. The van der Waals surface area contributed by atoms with Gasteiger partial charge in [0.25, 0.3) is 0 Å². The highest BCUT2D eigenvalue weighted by Crippen LogP contribution is 1.87. The van der Waals surface area contributed by atoms with Crippen LogP contribution in [0, 0.1) is 0 Å². The van der Waals surface area contributed by atoms with Gasteiger partial charge in [0, 0.05) is 0 Å². The summed E-state index contributed by atoms with van der Waals surface area (Å²) in [6.45, 7) is 0. The quantitative estimate of drug-likeness (QED) is 0.232. The fourth-order valence-corrected chi connectivity index (χ4v) is 0.165. The van der Waals surface area contributed by atoms with Gasteiger partial charge < -0.3 is 10.2 Å². The molecule has 0 spiro atoms. The number of rotatable bonds is 2. The number of hydrogen-bond donors (Lipinski definition) is 4.